The van der Waals surface area contributed by atoms with Gasteiger partial charge < -0.3 is 9.47 Å². The number of aliphatic imine (C=N–C) groups is 1. The first-order valence-corrected chi connectivity index (χ1v) is 8.12. The maximum atomic E-state index is 5.84. The number of halogens is 1. The second-order valence-corrected chi connectivity index (χ2v) is 5.76. The maximum Gasteiger partial charge on any atom is 0.129 e. The van der Waals surface area contributed by atoms with Gasteiger partial charge in [0.05, 0.1) is 19.4 Å². The molecule has 0 saturated heterocycles. The van der Waals surface area contributed by atoms with Crippen LogP contribution in [0.15, 0.2) is 51.9 Å². The molecule has 0 N–H and O–H groups in total. The van der Waals surface area contributed by atoms with Gasteiger partial charge in [0.25, 0.3) is 0 Å². The summed E-state index contributed by atoms with van der Waals surface area (Å²) in [5.74, 6) is 1.67. The van der Waals surface area contributed by atoms with E-state index in [0.29, 0.717) is 0 Å². The fourth-order valence-electron chi connectivity index (χ4n) is 1.88. The number of hydrogen-bond acceptors (Lipinski definition) is 3. The Morgan fingerprint density at radius 1 is 1.14 bits per heavy atom. The zero-order valence-corrected chi connectivity index (χ0v) is 14.5. The molecule has 0 saturated carbocycles. The summed E-state index contributed by atoms with van der Waals surface area (Å²) < 4.78 is 12.0. The minimum atomic E-state index is 0.719. The molecule has 0 aliphatic carbocycles. The lowest BCUT2D eigenvalue weighted by molar-refractivity contribution is 0.309. The molecule has 0 aliphatic heterocycles. The summed E-state index contributed by atoms with van der Waals surface area (Å²) in [5, 5.41) is 0. The van der Waals surface area contributed by atoms with Crippen LogP contribution in [-0.4, -0.2) is 19.9 Å². The monoisotopic (exact) mass is 361 g/mol. The van der Waals surface area contributed by atoms with Crippen LogP contribution in [0.3, 0.4) is 0 Å². The van der Waals surface area contributed by atoms with E-state index in [0.717, 1.165) is 46.7 Å². The van der Waals surface area contributed by atoms with Gasteiger partial charge in [-0.3, -0.25) is 4.99 Å². The number of unbranched alkanes of at least 4 members (excludes halogenated alkanes) is 1. The lowest BCUT2D eigenvalue weighted by Gasteiger charge is -2.09. The summed E-state index contributed by atoms with van der Waals surface area (Å²) in [4.78, 5) is 4.49. The van der Waals surface area contributed by atoms with E-state index in [1.54, 1.807) is 7.11 Å². The molecule has 2 rings (SSSR count). The average Bonchev–Trinajstić information content (AvgIpc) is 2.55. The van der Waals surface area contributed by atoms with Crippen LogP contribution in [0.25, 0.3) is 0 Å². The Kier molecular flexibility index (Phi) is 6.46. The van der Waals surface area contributed by atoms with Crippen LogP contribution in [0.2, 0.25) is 0 Å². The van der Waals surface area contributed by atoms with E-state index in [-0.39, 0.29) is 0 Å². The first-order chi connectivity index (χ1) is 10.7. The molecular weight excluding hydrogens is 342 g/mol. The molecule has 0 bridgehead atoms. The first kappa shape index (κ1) is 16.6. The normalized spacial score (nSPS) is 10.9. The number of hydrogen-bond donors (Lipinski definition) is 0. The van der Waals surface area contributed by atoms with Crippen LogP contribution in [0.5, 0.6) is 11.5 Å². The van der Waals surface area contributed by atoms with Crippen molar-refractivity contribution in [2.45, 2.75) is 19.8 Å². The molecular formula is C18H20BrNO2. The van der Waals surface area contributed by atoms with E-state index in [1.165, 1.54) is 0 Å². The van der Waals surface area contributed by atoms with E-state index >= 15 is 0 Å². The smallest absolute Gasteiger partial charge is 0.129 e. The molecule has 0 heterocycles. The second kappa shape index (κ2) is 8.59. The summed E-state index contributed by atoms with van der Waals surface area (Å²) in [6.07, 6.45) is 3.99. The van der Waals surface area contributed by atoms with Gasteiger partial charge in [-0.05, 0) is 48.9 Å². The van der Waals surface area contributed by atoms with Gasteiger partial charge in [-0.15, -0.1) is 0 Å². The highest BCUT2D eigenvalue weighted by atomic mass is 79.9. The lowest BCUT2D eigenvalue weighted by atomic mass is 10.2. The minimum absolute atomic E-state index is 0.719. The van der Waals surface area contributed by atoms with E-state index in [4.69, 9.17) is 9.47 Å². The Balaban J connectivity index is 2.14. The summed E-state index contributed by atoms with van der Waals surface area (Å²) >= 11 is 3.48. The number of benzene rings is 2. The van der Waals surface area contributed by atoms with Crippen molar-refractivity contribution in [1.29, 1.82) is 0 Å². The van der Waals surface area contributed by atoms with Gasteiger partial charge in [-0.1, -0.05) is 29.3 Å². The van der Waals surface area contributed by atoms with Crippen LogP contribution < -0.4 is 9.47 Å². The number of rotatable bonds is 7. The minimum Gasteiger partial charge on any atom is -0.497 e. The van der Waals surface area contributed by atoms with Crippen molar-refractivity contribution < 1.29 is 9.47 Å². The van der Waals surface area contributed by atoms with Crippen molar-refractivity contribution in [3.63, 3.8) is 0 Å². The van der Waals surface area contributed by atoms with E-state index in [2.05, 4.69) is 27.8 Å². The van der Waals surface area contributed by atoms with Gasteiger partial charge >= 0.3 is 0 Å². The maximum absolute atomic E-state index is 5.84. The van der Waals surface area contributed by atoms with Crippen LogP contribution in [0.4, 0.5) is 5.69 Å². The van der Waals surface area contributed by atoms with Crippen molar-refractivity contribution >= 4 is 27.8 Å². The van der Waals surface area contributed by atoms with Crippen molar-refractivity contribution in [2.24, 2.45) is 4.99 Å². The van der Waals surface area contributed by atoms with Crippen LogP contribution in [0, 0.1) is 0 Å². The Hall–Kier alpha value is -1.81. The first-order valence-electron chi connectivity index (χ1n) is 7.33. The van der Waals surface area contributed by atoms with Gasteiger partial charge in [0.15, 0.2) is 0 Å². The Morgan fingerprint density at radius 2 is 1.91 bits per heavy atom. The highest BCUT2D eigenvalue weighted by Crippen LogP contribution is 2.24. The zero-order valence-electron chi connectivity index (χ0n) is 12.9. The largest absolute Gasteiger partial charge is 0.497 e. The Morgan fingerprint density at radius 3 is 2.59 bits per heavy atom. The molecule has 0 fully saturated rings. The molecule has 22 heavy (non-hydrogen) atoms. The molecule has 0 unspecified atom stereocenters. The molecule has 0 spiro atoms. The number of nitrogens with zero attached hydrogens (tertiary/aromatic N) is 1. The summed E-state index contributed by atoms with van der Waals surface area (Å²) in [6.45, 7) is 2.87. The highest BCUT2D eigenvalue weighted by molar-refractivity contribution is 9.10. The second-order valence-electron chi connectivity index (χ2n) is 4.84. The third kappa shape index (κ3) is 4.88. The van der Waals surface area contributed by atoms with Crippen molar-refractivity contribution in [1.82, 2.24) is 0 Å². The molecule has 0 atom stereocenters. The molecule has 0 radical (unpaired) electrons. The van der Waals surface area contributed by atoms with Gasteiger partial charge in [0.1, 0.15) is 11.5 Å². The van der Waals surface area contributed by atoms with Gasteiger partial charge in [0.2, 0.25) is 0 Å². The molecule has 2 aromatic carbocycles. The molecule has 2 aromatic rings. The molecule has 116 valence electrons. The molecule has 4 heteroatoms. The van der Waals surface area contributed by atoms with Gasteiger partial charge in [-0.2, -0.15) is 0 Å². The highest BCUT2D eigenvalue weighted by Gasteiger charge is 2.03. The summed E-state index contributed by atoms with van der Waals surface area (Å²) in [7, 11) is 1.65. The fourth-order valence-corrected chi connectivity index (χ4v) is 2.22. The fraction of sp³-hybridized carbons (Fsp3) is 0.278. The Labute approximate surface area is 140 Å². The lowest BCUT2D eigenvalue weighted by Crippen LogP contribution is -1.99. The van der Waals surface area contributed by atoms with E-state index in [9.17, 15) is 0 Å². The quantitative estimate of drug-likeness (QED) is 0.489. The van der Waals surface area contributed by atoms with Crippen LogP contribution in [-0.2, 0) is 0 Å². The topological polar surface area (TPSA) is 30.8 Å². The molecule has 3 nitrogen and oxygen atoms in total. The predicted octanol–water partition coefficient (Wildman–Crippen LogP) is 5.39. The number of ether oxygens (including phenoxy) is 2. The Bertz CT molecular complexity index is 623. The van der Waals surface area contributed by atoms with E-state index < -0.39 is 0 Å². The zero-order chi connectivity index (χ0) is 15.8. The molecule has 0 amide bonds. The number of methoxy groups -OCH3 is 1. The van der Waals surface area contributed by atoms with Crippen molar-refractivity contribution in [3.8, 4) is 11.5 Å². The van der Waals surface area contributed by atoms with Crippen LogP contribution in [0.1, 0.15) is 25.3 Å². The third-order valence-electron chi connectivity index (χ3n) is 3.16. The van der Waals surface area contributed by atoms with Gasteiger partial charge in [-0.25, -0.2) is 0 Å². The average molecular weight is 362 g/mol. The third-order valence-corrected chi connectivity index (χ3v) is 3.65. The summed E-state index contributed by atoms with van der Waals surface area (Å²) in [6, 6.07) is 13.6. The molecule has 0 aliphatic rings. The summed E-state index contributed by atoms with van der Waals surface area (Å²) in [5.41, 5.74) is 1.85. The van der Waals surface area contributed by atoms with Crippen LogP contribution >= 0.6 is 15.9 Å². The molecule has 0 aromatic heterocycles. The van der Waals surface area contributed by atoms with E-state index in [1.807, 2.05) is 48.7 Å². The standard InChI is InChI=1S/C18H20BrNO2/c1-3-4-11-22-18-12-15(19)6-5-14(18)13-20-16-7-9-17(21-2)10-8-16/h5-10,12-13H,3-4,11H2,1-2H3. The SMILES string of the molecule is CCCCOc1cc(Br)ccc1C=Nc1ccc(OC)cc1. The van der Waals surface area contributed by atoms with Crippen molar-refractivity contribution in [2.75, 3.05) is 13.7 Å². The van der Waals surface area contributed by atoms with Crippen molar-refractivity contribution in [3.05, 3.63) is 52.5 Å². The predicted molar refractivity (Wildman–Crippen MR) is 94.8 cm³/mol. The van der Waals surface area contributed by atoms with Gasteiger partial charge in [0, 0.05) is 16.3 Å².